The zero-order chi connectivity index (χ0) is 12.5. The van der Waals surface area contributed by atoms with Crippen LogP contribution in [-0.4, -0.2) is 4.89 Å². The van der Waals surface area contributed by atoms with Crippen molar-refractivity contribution in [3.63, 3.8) is 0 Å². The highest BCUT2D eigenvalue weighted by Crippen LogP contribution is 2.50. The Morgan fingerprint density at radius 1 is 1.00 bits per heavy atom. The molecule has 2 aromatic heterocycles. The molecule has 0 saturated heterocycles. The Bertz CT molecular complexity index is 518. The Balaban J connectivity index is 2.06. The minimum absolute atomic E-state index is 0.167. The van der Waals surface area contributed by atoms with Crippen molar-refractivity contribution in [2.75, 3.05) is 0 Å². The first-order valence-electron chi connectivity index (χ1n) is 4.74. The van der Waals surface area contributed by atoms with Gasteiger partial charge in [0.25, 0.3) is 0 Å². The molecule has 0 radical (unpaired) electrons. The molecule has 92 valence electrons. The smallest absolute Gasteiger partial charge is 0.210 e. The number of hydrogen-bond donors (Lipinski definition) is 1. The summed E-state index contributed by atoms with van der Waals surface area (Å²) < 4.78 is 13.3. The van der Waals surface area contributed by atoms with Crippen LogP contribution in [0.25, 0.3) is 0 Å². The van der Waals surface area contributed by atoms with Gasteiger partial charge in [0.05, 0.1) is 21.0 Å². The maximum absolute atomic E-state index is 12.1. The average Bonchev–Trinajstić information content (AvgIpc) is 2.74. The molecule has 2 heterocycles. The zero-order valence-electron chi connectivity index (χ0n) is 8.60. The normalized spacial score (nSPS) is 11.9. The predicted octanol–water partition coefficient (Wildman–Crippen LogP) is 5.09. The predicted molar refractivity (Wildman–Crippen MR) is 75.9 cm³/mol. The Labute approximate surface area is 117 Å². The van der Waals surface area contributed by atoms with Crippen LogP contribution in [0, 0.1) is 0 Å². The lowest BCUT2D eigenvalue weighted by Crippen LogP contribution is -1.88. The van der Waals surface area contributed by atoms with Gasteiger partial charge in [0, 0.05) is 9.75 Å². The lowest BCUT2D eigenvalue weighted by molar-refractivity contribution is 0.476. The van der Waals surface area contributed by atoms with Crippen LogP contribution in [0.3, 0.4) is 0 Å². The summed E-state index contributed by atoms with van der Waals surface area (Å²) in [5, 5.41) is 0. The van der Waals surface area contributed by atoms with Crippen LogP contribution in [-0.2, 0) is 16.9 Å². The van der Waals surface area contributed by atoms with E-state index in [2.05, 4.69) is 0 Å². The standard InChI is InChI=1S/C10H9Cl2O2PS2/c11-9-3-1-7(16-9)5-15(13,14)6-8-2-4-10(12)17-8/h1-4H,5-6H2,(H,13,14). The van der Waals surface area contributed by atoms with E-state index in [1.165, 1.54) is 22.7 Å². The molecule has 0 saturated carbocycles. The van der Waals surface area contributed by atoms with Gasteiger partial charge in [0.2, 0.25) is 7.37 Å². The van der Waals surface area contributed by atoms with E-state index in [9.17, 15) is 9.46 Å². The highest BCUT2D eigenvalue weighted by Gasteiger charge is 2.21. The van der Waals surface area contributed by atoms with Crippen molar-refractivity contribution in [1.82, 2.24) is 0 Å². The summed E-state index contributed by atoms with van der Waals surface area (Å²) in [5.74, 6) is 0. The topological polar surface area (TPSA) is 37.3 Å². The quantitative estimate of drug-likeness (QED) is 0.795. The summed E-state index contributed by atoms with van der Waals surface area (Å²) in [6.07, 6.45) is 0.333. The molecule has 17 heavy (non-hydrogen) atoms. The van der Waals surface area contributed by atoms with Crippen LogP contribution in [0.1, 0.15) is 9.75 Å². The molecule has 0 fully saturated rings. The van der Waals surface area contributed by atoms with Gasteiger partial charge in [0.15, 0.2) is 0 Å². The second-order valence-corrected chi connectivity index (χ2v) is 9.50. The van der Waals surface area contributed by atoms with Crippen LogP contribution >= 0.6 is 53.2 Å². The van der Waals surface area contributed by atoms with E-state index in [0.717, 1.165) is 9.75 Å². The Morgan fingerprint density at radius 3 is 1.71 bits per heavy atom. The largest absolute Gasteiger partial charge is 0.344 e. The highest BCUT2D eigenvalue weighted by molar-refractivity contribution is 7.57. The molecule has 2 aromatic rings. The number of halogens is 2. The van der Waals surface area contributed by atoms with E-state index >= 15 is 0 Å². The van der Waals surface area contributed by atoms with E-state index in [-0.39, 0.29) is 12.3 Å². The molecule has 0 unspecified atom stereocenters. The Kier molecular flexibility index (Phi) is 4.35. The lowest BCUT2D eigenvalue weighted by Gasteiger charge is -2.08. The van der Waals surface area contributed by atoms with Gasteiger partial charge in [-0.1, -0.05) is 23.2 Å². The van der Waals surface area contributed by atoms with Crippen LogP contribution in [0.2, 0.25) is 8.67 Å². The summed E-state index contributed by atoms with van der Waals surface area (Å²) >= 11 is 14.3. The summed E-state index contributed by atoms with van der Waals surface area (Å²) in [5.41, 5.74) is 0. The van der Waals surface area contributed by atoms with Crippen molar-refractivity contribution >= 4 is 53.2 Å². The molecule has 0 aliphatic carbocycles. The maximum atomic E-state index is 12.1. The minimum Gasteiger partial charge on any atom is -0.344 e. The fourth-order valence-corrected chi connectivity index (χ4v) is 6.21. The third kappa shape index (κ3) is 4.09. The first-order chi connectivity index (χ1) is 7.94. The molecule has 0 bridgehead atoms. The van der Waals surface area contributed by atoms with Crippen LogP contribution in [0.15, 0.2) is 24.3 Å². The van der Waals surface area contributed by atoms with E-state index in [4.69, 9.17) is 23.2 Å². The van der Waals surface area contributed by atoms with Gasteiger partial charge in [-0.25, -0.2) is 0 Å². The fraction of sp³-hybridized carbons (Fsp3) is 0.200. The molecule has 2 rings (SSSR count). The van der Waals surface area contributed by atoms with Gasteiger partial charge in [-0.3, -0.25) is 4.57 Å². The van der Waals surface area contributed by atoms with Crippen LogP contribution < -0.4 is 0 Å². The van der Waals surface area contributed by atoms with Crippen molar-refractivity contribution < 1.29 is 9.46 Å². The minimum atomic E-state index is -3.21. The second-order valence-electron chi connectivity index (χ2n) is 3.57. The van der Waals surface area contributed by atoms with E-state index in [1.54, 1.807) is 24.3 Å². The molecule has 0 aromatic carbocycles. The Morgan fingerprint density at radius 2 is 1.41 bits per heavy atom. The lowest BCUT2D eigenvalue weighted by atomic mass is 10.5. The highest BCUT2D eigenvalue weighted by atomic mass is 35.5. The average molecular weight is 327 g/mol. The van der Waals surface area contributed by atoms with E-state index < -0.39 is 7.37 Å². The van der Waals surface area contributed by atoms with E-state index in [0.29, 0.717) is 8.67 Å². The fourth-order valence-electron chi connectivity index (χ4n) is 1.42. The molecule has 7 heteroatoms. The Hall–Kier alpha value is 0.170. The molecular formula is C10H9Cl2O2PS2. The monoisotopic (exact) mass is 326 g/mol. The maximum Gasteiger partial charge on any atom is 0.210 e. The zero-order valence-corrected chi connectivity index (χ0v) is 12.6. The third-order valence-corrected chi connectivity index (χ3v) is 6.62. The SMILES string of the molecule is O=P(O)(Cc1ccc(Cl)s1)Cc1ccc(Cl)s1. The van der Waals surface area contributed by atoms with Gasteiger partial charge in [-0.2, -0.15) is 0 Å². The van der Waals surface area contributed by atoms with E-state index in [1.807, 2.05) is 0 Å². The summed E-state index contributed by atoms with van der Waals surface area (Å²) in [6.45, 7) is 0. The summed E-state index contributed by atoms with van der Waals surface area (Å²) in [4.78, 5) is 11.6. The van der Waals surface area contributed by atoms with Crippen molar-refractivity contribution in [3.05, 3.63) is 42.7 Å². The van der Waals surface area contributed by atoms with Crippen molar-refractivity contribution in [3.8, 4) is 0 Å². The molecule has 2 nitrogen and oxygen atoms in total. The van der Waals surface area contributed by atoms with Crippen molar-refractivity contribution in [2.24, 2.45) is 0 Å². The molecule has 0 atom stereocenters. The van der Waals surface area contributed by atoms with Gasteiger partial charge in [0.1, 0.15) is 0 Å². The van der Waals surface area contributed by atoms with Gasteiger partial charge >= 0.3 is 0 Å². The van der Waals surface area contributed by atoms with Gasteiger partial charge < -0.3 is 4.89 Å². The molecular weight excluding hydrogens is 318 g/mol. The first-order valence-corrected chi connectivity index (χ1v) is 9.16. The number of rotatable bonds is 4. The summed E-state index contributed by atoms with van der Waals surface area (Å²) in [6, 6.07) is 7.06. The second kappa shape index (κ2) is 5.43. The third-order valence-electron chi connectivity index (χ3n) is 2.06. The first kappa shape index (κ1) is 13.6. The molecule has 1 N–H and O–H groups in total. The van der Waals surface area contributed by atoms with Crippen LogP contribution in [0.5, 0.6) is 0 Å². The number of hydrogen-bond acceptors (Lipinski definition) is 3. The molecule has 0 aliphatic heterocycles. The van der Waals surface area contributed by atoms with Crippen molar-refractivity contribution in [2.45, 2.75) is 12.3 Å². The van der Waals surface area contributed by atoms with Gasteiger partial charge in [-0.05, 0) is 24.3 Å². The molecule has 0 amide bonds. The van der Waals surface area contributed by atoms with Gasteiger partial charge in [-0.15, -0.1) is 22.7 Å². The van der Waals surface area contributed by atoms with Crippen molar-refractivity contribution in [1.29, 1.82) is 0 Å². The summed E-state index contributed by atoms with van der Waals surface area (Å²) in [7, 11) is -3.21. The molecule has 0 aliphatic rings. The molecule has 0 spiro atoms. The van der Waals surface area contributed by atoms with Crippen LogP contribution in [0.4, 0.5) is 0 Å². The number of thiophene rings is 2.